The Morgan fingerprint density at radius 2 is 1.80 bits per heavy atom. The van der Waals surface area contributed by atoms with E-state index in [2.05, 4.69) is 59.6 Å². The molecule has 2 atom stereocenters. The van der Waals surface area contributed by atoms with Crippen LogP contribution in [0.3, 0.4) is 0 Å². The molecule has 0 unspecified atom stereocenters. The highest BCUT2D eigenvalue weighted by Crippen LogP contribution is 2.37. The quantitative estimate of drug-likeness (QED) is 0.503. The van der Waals surface area contributed by atoms with Crippen LogP contribution >= 0.6 is 0 Å². The molecule has 0 radical (unpaired) electrons. The van der Waals surface area contributed by atoms with Gasteiger partial charge in [0.1, 0.15) is 12.2 Å². The normalized spacial score (nSPS) is 23.8. The molecule has 1 aliphatic heterocycles. The average molecular weight is 389 g/mol. The molecule has 0 aromatic rings. The van der Waals surface area contributed by atoms with Crippen molar-refractivity contribution in [1.82, 2.24) is 0 Å². The predicted octanol–water partition coefficient (Wildman–Crippen LogP) is 4.79. The molecule has 6 heteroatoms. The van der Waals surface area contributed by atoms with Crippen molar-refractivity contribution in [1.29, 1.82) is 0 Å². The molecule has 1 rings (SSSR count). The molecule has 0 aliphatic carbocycles. The molecule has 1 fully saturated rings. The number of hydrogen-bond acceptors (Lipinski definition) is 4. The Hall–Kier alpha value is 0.0138. The second-order valence-electron chi connectivity index (χ2n) is 10.4. The van der Waals surface area contributed by atoms with Gasteiger partial charge in [-0.15, -0.1) is 0 Å². The predicted molar refractivity (Wildman–Crippen MR) is 110 cm³/mol. The highest BCUT2D eigenvalue weighted by Gasteiger charge is 2.40. The van der Waals surface area contributed by atoms with Crippen molar-refractivity contribution in [2.75, 3.05) is 13.2 Å². The minimum atomic E-state index is -1.87. The number of allylic oxidation sites excluding steroid dienone is 1. The molecule has 0 aromatic carbocycles. The lowest BCUT2D eigenvalue weighted by Gasteiger charge is -2.37. The molecule has 1 N–H and O–H groups in total. The lowest BCUT2D eigenvalue weighted by Crippen LogP contribution is -2.42. The van der Waals surface area contributed by atoms with E-state index in [-0.39, 0.29) is 11.1 Å². The first-order valence-electron chi connectivity index (χ1n) is 9.37. The van der Waals surface area contributed by atoms with E-state index in [1.807, 2.05) is 13.8 Å². The van der Waals surface area contributed by atoms with Crippen LogP contribution in [0, 0.1) is 0 Å². The van der Waals surface area contributed by atoms with Crippen LogP contribution in [0.5, 0.6) is 0 Å². The summed E-state index contributed by atoms with van der Waals surface area (Å²) in [4.78, 5) is 0. The van der Waals surface area contributed by atoms with Gasteiger partial charge in [-0.2, -0.15) is 0 Å². The van der Waals surface area contributed by atoms with Gasteiger partial charge in [-0.1, -0.05) is 46.5 Å². The van der Waals surface area contributed by atoms with Crippen LogP contribution in [0.2, 0.25) is 43.8 Å². The Morgan fingerprint density at radius 3 is 2.20 bits per heavy atom. The van der Waals surface area contributed by atoms with Crippen LogP contribution in [0.15, 0.2) is 11.6 Å². The summed E-state index contributed by atoms with van der Waals surface area (Å²) in [6, 6.07) is 1.03. The minimum absolute atomic E-state index is 0.150. The van der Waals surface area contributed by atoms with Crippen molar-refractivity contribution in [2.45, 2.75) is 96.4 Å². The van der Waals surface area contributed by atoms with Crippen molar-refractivity contribution in [3.05, 3.63) is 11.6 Å². The van der Waals surface area contributed by atoms with E-state index in [1.165, 1.54) is 0 Å². The summed E-state index contributed by atoms with van der Waals surface area (Å²) in [5.41, 5.74) is 0.943. The molecule has 4 nitrogen and oxygen atoms in total. The first-order chi connectivity index (χ1) is 11.0. The third-order valence-electron chi connectivity index (χ3n) is 5.14. The third-order valence-corrected chi connectivity index (χ3v) is 11.1. The SMILES string of the molecule is CC1(C)OC[C@H]([C@@H](O)/C(=C/C[Si](C)(C)C)CO[Si](C)(C)C(C)(C)C)O1. The first kappa shape index (κ1) is 23.1. The van der Waals surface area contributed by atoms with Crippen LogP contribution in [-0.2, 0) is 13.9 Å². The van der Waals surface area contributed by atoms with Crippen molar-refractivity contribution in [3.63, 3.8) is 0 Å². The van der Waals surface area contributed by atoms with Crippen LogP contribution in [0.4, 0.5) is 0 Å². The number of aliphatic hydroxyl groups is 1. The van der Waals surface area contributed by atoms with Crippen molar-refractivity contribution < 1.29 is 19.0 Å². The summed E-state index contributed by atoms with van der Waals surface area (Å²) in [5, 5.41) is 11.1. The molecule has 1 heterocycles. The summed E-state index contributed by atoms with van der Waals surface area (Å²) in [6.07, 6.45) is 1.19. The minimum Gasteiger partial charge on any atom is -0.413 e. The van der Waals surface area contributed by atoms with E-state index < -0.39 is 28.3 Å². The zero-order valence-corrected chi connectivity index (χ0v) is 20.0. The second kappa shape index (κ2) is 7.94. The fraction of sp³-hybridized carbons (Fsp3) is 0.895. The molecule has 0 spiro atoms. The number of aliphatic hydroxyl groups excluding tert-OH is 1. The number of ether oxygens (including phenoxy) is 2. The van der Waals surface area contributed by atoms with Crippen molar-refractivity contribution in [2.24, 2.45) is 0 Å². The molecule has 0 aromatic heterocycles. The van der Waals surface area contributed by atoms with Gasteiger partial charge in [0, 0.05) is 8.07 Å². The first-order valence-corrected chi connectivity index (χ1v) is 16.0. The van der Waals surface area contributed by atoms with E-state index in [0.717, 1.165) is 11.6 Å². The van der Waals surface area contributed by atoms with Crippen LogP contribution in [-0.4, -0.2) is 52.7 Å². The maximum atomic E-state index is 10.9. The maximum Gasteiger partial charge on any atom is 0.192 e. The van der Waals surface area contributed by atoms with Gasteiger partial charge >= 0.3 is 0 Å². The summed E-state index contributed by atoms with van der Waals surface area (Å²) in [5.74, 6) is -0.629. The molecular formula is C19H40O4Si2. The Balaban J connectivity index is 2.90. The van der Waals surface area contributed by atoms with E-state index in [0.29, 0.717) is 13.2 Å². The highest BCUT2D eigenvalue weighted by atomic mass is 28.4. The van der Waals surface area contributed by atoms with Gasteiger partial charge in [-0.05, 0) is 43.6 Å². The van der Waals surface area contributed by atoms with Gasteiger partial charge in [-0.25, -0.2) is 0 Å². The summed E-state index contributed by atoms with van der Waals surface area (Å²) in [6.45, 7) is 22.9. The highest BCUT2D eigenvalue weighted by molar-refractivity contribution is 6.76. The van der Waals surface area contributed by atoms with Crippen LogP contribution in [0.1, 0.15) is 34.6 Å². The Labute approximate surface area is 157 Å². The molecule has 1 saturated heterocycles. The smallest absolute Gasteiger partial charge is 0.192 e. The topological polar surface area (TPSA) is 47.9 Å². The number of rotatable bonds is 7. The Morgan fingerprint density at radius 1 is 1.24 bits per heavy atom. The molecule has 0 bridgehead atoms. The second-order valence-corrected chi connectivity index (χ2v) is 20.7. The largest absolute Gasteiger partial charge is 0.413 e. The van der Waals surface area contributed by atoms with Gasteiger partial charge < -0.3 is 19.0 Å². The Bertz CT molecular complexity index is 473. The molecule has 1 aliphatic rings. The fourth-order valence-electron chi connectivity index (χ4n) is 2.29. The van der Waals surface area contributed by atoms with E-state index in [4.69, 9.17) is 13.9 Å². The molecule has 25 heavy (non-hydrogen) atoms. The van der Waals surface area contributed by atoms with Gasteiger partial charge in [-0.3, -0.25) is 0 Å². The molecule has 148 valence electrons. The summed E-state index contributed by atoms with van der Waals surface area (Å²) >= 11 is 0. The maximum absolute atomic E-state index is 10.9. The van der Waals surface area contributed by atoms with Gasteiger partial charge in [0.2, 0.25) is 0 Å². The zero-order chi connectivity index (χ0) is 19.7. The van der Waals surface area contributed by atoms with Gasteiger partial charge in [0.25, 0.3) is 0 Å². The Kier molecular flexibility index (Phi) is 7.33. The molecular weight excluding hydrogens is 348 g/mol. The van der Waals surface area contributed by atoms with Crippen molar-refractivity contribution in [3.8, 4) is 0 Å². The summed E-state index contributed by atoms with van der Waals surface area (Å²) < 4.78 is 17.9. The average Bonchev–Trinajstić information content (AvgIpc) is 2.76. The number of hydrogen-bond donors (Lipinski definition) is 1. The molecule has 0 amide bonds. The van der Waals surface area contributed by atoms with Crippen LogP contribution < -0.4 is 0 Å². The van der Waals surface area contributed by atoms with Gasteiger partial charge in [0.15, 0.2) is 14.1 Å². The van der Waals surface area contributed by atoms with E-state index >= 15 is 0 Å². The lowest BCUT2D eigenvalue weighted by molar-refractivity contribution is -0.148. The monoisotopic (exact) mass is 388 g/mol. The molecule has 0 saturated carbocycles. The summed E-state index contributed by atoms with van der Waals surface area (Å²) in [7, 11) is -3.12. The third kappa shape index (κ3) is 7.27. The lowest BCUT2D eigenvalue weighted by atomic mass is 10.1. The zero-order valence-electron chi connectivity index (χ0n) is 18.0. The van der Waals surface area contributed by atoms with Crippen molar-refractivity contribution >= 4 is 16.4 Å². The van der Waals surface area contributed by atoms with E-state index in [9.17, 15) is 5.11 Å². The van der Waals surface area contributed by atoms with Gasteiger partial charge in [0.05, 0.1) is 13.2 Å². The van der Waals surface area contributed by atoms with Crippen LogP contribution in [0.25, 0.3) is 0 Å². The van der Waals surface area contributed by atoms with E-state index in [1.54, 1.807) is 0 Å². The standard InChI is InChI=1S/C19H40O4Si2/c1-18(2,3)25(9,10)22-13-15(11-12-24(6,7)8)17(20)16-14-21-19(4,5)23-16/h11,16-17,20H,12-14H2,1-10H3/b15-11+/t16-,17+/m1/s1. The fourth-order valence-corrected chi connectivity index (χ4v) is 4.13.